The van der Waals surface area contributed by atoms with Crippen molar-refractivity contribution in [3.05, 3.63) is 264 Å². The molecule has 0 aromatic heterocycles. The van der Waals surface area contributed by atoms with Crippen molar-refractivity contribution >= 4 is 176 Å². The number of benzene rings is 9. The summed E-state index contributed by atoms with van der Waals surface area (Å²) in [6.07, 6.45) is 0. The summed E-state index contributed by atoms with van der Waals surface area (Å²) in [5.41, 5.74) is 0. The molecule has 0 saturated heterocycles. The predicted molar refractivity (Wildman–Crippen MR) is 301 cm³/mol. The first-order valence-electron chi connectivity index (χ1n) is 21.7. The average molecular weight is 1200 g/mol. The second-order valence-electron chi connectivity index (χ2n) is 16.3. The molecule has 71 heavy (non-hydrogen) atoms. The van der Waals surface area contributed by atoms with Crippen molar-refractivity contribution in [3.8, 4) is 0 Å². The predicted octanol–water partition coefficient (Wildman–Crippen LogP) is 12.2. The molecule has 0 bridgehead atoms. The van der Waals surface area contributed by atoms with Gasteiger partial charge in [0.1, 0.15) is 0 Å². The zero-order chi connectivity index (χ0) is 50.0. The van der Waals surface area contributed by atoms with Crippen molar-refractivity contribution in [1.29, 1.82) is 0 Å². The number of hydrogen-bond acceptors (Lipinski definition) is 4. The zero-order valence-corrected chi connectivity index (χ0v) is 48.0. The van der Waals surface area contributed by atoms with Gasteiger partial charge in [-0.3, -0.25) is 0 Å². The standard InChI is InChI=1S/3C18H12Cl3OSi.O.V/c3*19-13-1-7-16(8-2-13)23(22,17-9-3-14(20)4-10-17)18-11-5-15(21)6-12-18;;/h3*1-12H;;/q3*-1;;+3. The van der Waals surface area contributed by atoms with Crippen LogP contribution in [-0.2, 0) is 28.8 Å². The van der Waals surface area contributed by atoms with Crippen LogP contribution in [0.25, 0.3) is 0 Å². The van der Waals surface area contributed by atoms with Gasteiger partial charge in [-0.15, -0.1) is 0 Å². The van der Waals surface area contributed by atoms with E-state index in [1.165, 1.54) is 0 Å². The summed E-state index contributed by atoms with van der Waals surface area (Å²) in [6, 6.07) is 65.7. The van der Waals surface area contributed by atoms with Gasteiger partial charge in [0.25, 0.3) is 0 Å². The number of hydrogen-bond donors (Lipinski definition) is 0. The molecular formula is C54H36Cl9O4Si3V. The molecule has 0 atom stereocenters. The summed E-state index contributed by atoms with van der Waals surface area (Å²) in [5, 5.41) is 10.2. The Morgan fingerprint density at radius 2 is 0.310 bits per heavy atom. The van der Waals surface area contributed by atoms with Crippen molar-refractivity contribution in [1.82, 2.24) is 0 Å². The molecule has 17 heteroatoms. The fourth-order valence-electron chi connectivity index (χ4n) is 8.69. The van der Waals surface area contributed by atoms with Crippen LogP contribution in [0, 0.1) is 0 Å². The minimum absolute atomic E-state index is 0.476. The van der Waals surface area contributed by atoms with Crippen LogP contribution < -0.4 is 46.7 Å². The molecular weight excluding hydrogens is 1170 g/mol. The third kappa shape index (κ3) is 11.0. The first-order valence-corrected chi connectivity index (χ1v) is 33.1. The van der Waals surface area contributed by atoms with E-state index in [0.29, 0.717) is 91.9 Å². The molecule has 0 unspecified atom stereocenters. The van der Waals surface area contributed by atoms with Crippen LogP contribution >= 0.6 is 104 Å². The number of rotatable bonds is 15. The van der Waals surface area contributed by atoms with Crippen molar-refractivity contribution in [3.63, 3.8) is 0 Å². The molecule has 4 nitrogen and oxygen atoms in total. The normalized spacial score (nSPS) is 12.2. The van der Waals surface area contributed by atoms with Gasteiger partial charge in [-0.1, -0.05) is 0 Å². The average Bonchev–Trinajstić information content (AvgIpc) is 3.37. The van der Waals surface area contributed by atoms with Crippen LogP contribution in [0.1, 0.15) is 0 Å². The second-order valence-corrected chi connectivity index (χ2v) is 34.0. The van der Waals surface area contributed by atoms with Gasteiger partial charge < -0.3 is 0 Å². The van der Waals surface area contributed by atoms with E-state index in [4.69, 9.17) is 114 Å². The van der Waals surface area contributed by atoms with Crippen LogP contribution in [0.5, 0.6) is 0 Å². The summed E-state index contributed by atoms with van der Waals surface area (Å²) in [4.78, 5) is 0. The van der Waals surface area contributed by atoms with Gasteiger partial charge in [0.2, 0.25) is 0 Å². The van der Waals surface area contributed by atoms with Gasteiger partial charge in [-0.05, 0) is 0 Å². The fourth-order valence-corrected chi connectivity index (χ4v) is 31.7. The fraction of sp³-hybridized carbons (Fsp3) is 0. The Hall–Kier alpha value is -3.49. The molecule has 0 aliphatic heterocycles. The quantitative estimate of drug-likeness (QED) is 0.0758. The third-order valence-corrected chi connectivity index (χ3v) is 33.1. The Kier molecular flexibility index (Phi) is 16.3. The van der Waals surface area contributed by atoms with E-state index < -0.39 is 40.0 Å². The number of halogens is 9. The molecule has 356 valence electrons. The molecule has 0 aliphatic rings. The van der Waals surface area contributed by atoms with Gasteiger partial charge in [-0.25, -0.2) is 0 Å². The van der Waals surface area contributed by atoms with Crippen LogP contribution in [0.3, 0.4) is 0 Å². The Labute approximate surface area is 463 Å². The summed E-state index contributed by atoms with van der Waals surface area (Å²) in [6.45, 7) is 0. The monoisotopic (exact) mass is 1200 g/mol. The molecule has 0 N–H and O–H groups in total. The maximum absolute atomic E-state index is 18.3. The molecule has 0 spiro atoms. The SMILES string of the molecule is [O]=[V]([O][Si](c1ccc(Cl)cc1)(c1ccc(Cl)cc1)c1ccc(Cl)cc1)([O][Si](c1ccc(Cl)cc1)(c1ccc(Cl)cc1)c1ccc(Cl)cc1)[O][Si](c1ccc(Cl)cc1)(c1ccc(Cl)cc1)c1ccc(Cl)cc1. The van der Waals surface area contributed by atoms with E-state index in [0.717, 1.165) is 0 Å². The maximum atomic E-state index is 18.3. The van der Waals surface area contributed by atoms with Gasteiger partial charge >= 0.3 is 468 Å². The molecule has 9 rings (SSSR count). The van der Waals surface area contributed by atoms with Gasteiger partial charge in [0.15, 0.2) is 0 Å². The molecule has 9 aromatic rings. The summed E-state index contributed by atoms with van der Waals surface area (Å²) < 4.78 is 42.2. The Balaban J connectivity index is 1.46. The van der Waals surface area contributed by atoms with E-state index in [2.05, 4.69) is 0 Å². The topological polar surface area (TPSA) is 44.8 Å². The Bertz CT molecular complexity index is 2630. The van der Waals surface area contributed by atoms with Crippen molar-refractivity contribution in [2.24, 2.45) is 0 Å². The van der Waals surface area contributed by atoms with Crippen molar-refractivity contribution < 1.29 is 28.8 Å². The van der Waals surface area contributed by atoms with E-state index in [1.807, 2.05) is 109 Å². The van der Waals surface area contributed by atoms with E-state index >= 15 is 3.67 Å². The summed E-state index contributed by atoms with van der Waals surface area (Å²) in [7, 11) is -12.7. The first kappa shape index (κ1) is 52.4. The summed E-state index contributed by atoms with van der Waals surface area (Å²) in [5.74, 6) is 0. The molecule has 0 saturated carbocycles. The third-order valence-electron chi connectivity index (χ3n) is 12.0. The van der Waals surface area contributed by atoms with Crippen molar-refractivity contribution in [2.45, 2.75) is 0 Å². The van der Waals surface area contributed by atoms with Crippen molar-refractivity contribution in [2.75, 3.05) is 0 Å². The van der Waals surface area contributed by atoms with Crippen LogP contribution in [0.2, 0.25) is 45.2 Å². The molecule has 0 fully saturated rings. The molecule has 0 amide bonds. The van der Waals surface area contributed by atoms with Crippen LogP contribution in [0.4, 0.5) is 0 Å². The molecule has 0 radical (unpaired) electrons. The molecule has 0 heterocycles. The zero-order valence-electron chi connectivity index (χ0n) is 36.8. The molecule has 9 aromatic carbocycles. The van der Waals surface area contributed by atoms with Crippen LogP contribution in [-0.4, -0.2) is 25.0 Å². The van der Waals surface area contributed by atoms with Gasteiger partial charge in [0, 0.05) is 0 Å². The van der Waals surface area contributed by atoms with E-state index in [-0.39, 0.29) is 0 Å². The van der Waals surface area contributed by atoms with Gasteiger partial charge in [0.05, 0.1) is 0 Å². The molecule has 0 aliphatic carbocycles. The Morgan fingerprint density at radius 1 is 0.211 bits per heavy atom. The summed E-state index contributed by atoms with van der Waals surface area (Å²) >= 11 is 53.7. The van der Waals surface area contributed by atoms with Crippen LogP contribution in [0.15, 0.2) is 218 Å². The van der Waals surface area contributed by atoms with Gasteiger partial charge in [-0.2, -0.15) is 0 Å². The van der Waals surface area contributed by atoms with E-state index in [9.17, 15) is 0 Å². The first-order chi connectivity index (χ1) is 34.1. The Morgan fingerprint density at radius 3 is 0.408 bits per heavy atom. The van der Waals surface area contributed by atoms with E-state index in [1.54, 1.807) is 109 Å². The minimum atomic E-state index is -6.37. The second kappa shape index (κ2) is 22.2.